The molecule has 3 rings (SSSR count). The molecule has 3 atom stereocenters. The number of rotatable bonds is 3. The zero-order valence-corrected chi connectivity index (χ0v) is 18.8. The first-order valence-electron chi connectivity index (χ1n) is 10.4. The van der Waals surface area contributed by atoms with E-state index < -0.39 is 17.3 Å². The van der Waals surface area contributed by atoms with E-state index >= 15 is 0 Å². The van der Waals surface area contributed by atoms with Gasteiger partial charge in [-0.2, -0.15) is 0 Å². The number of hydrogen-bond donors (Lipinski definition) is 0. The van der Waals surface area contributed by atoms with Crippen LogP contribution in [0.4, 0.5) is 18.0 Å². The van der Waals surface area contributed by atoms with Crippen LogP contribution in [0.1, 0.15) is 59.1 Å². The molecule has 1 aromatic carbocycles. The topological polar surface area (TPSA) is 32.8 Å². The van der Waals surface area contributed by atoms with Crippen LogP contribution < -0.4 is 0 Å². The Bertz CT molecular complexity index is 791. The second-order valence-electron chi connectivity index (χ2n) is 9.67. The van der Waals surface area contributed by atoms with Gasteiger partial charge in [0.25, 0.3) is 0 Å². The van der Waals surface area contributed by atoms with E-state index in [0.717, 1.165) is 0 Å². The monoisotopic (exact) mass is 446 g/mol. The molecule has 168 valence electrons. The molecule has 30 heavy (non-hydrogen) atoms. The van der Waals surface area contributed by atoms with Crippen molar-refractivity contribution in [2.45, 2.75) is 77.1 Å². The van der Waals surface area contributed by atoms with Gasteiger partial charge in [0.15, 0.2) is 0 Å². The summed E-state index contributed by atoms with van der Waals surface area (Å²) in [4.78, 5) is 16.4. The largest absolute Gasteiger partial charge is 0.444 e. The highest BCUT2D eigenvalue weighted by atomic mass is 35.5. The standard InChI is InChI=1S/C22H30ClF3N2O2/c1-13-12-28(20(29)30-21(3,4)5)14(2)11-27(13)19(16-9-22(25,26)10-16)15-6-7-17(23)18(24)8-15/h6-8,13-14,16,19H,9-12H2,1-5H3/t13-,14+,19?/m1/s1. The Morgan fingerprint density at radius 3 is 2.37 bits per heavy atom. The summed E-state index contributed by atoms with van der Waals surface area (Å²) >= 11 is 5.84. The van der Waals surface area contributed by atoms with Crippen LogP contribution in [-0.2, 0) is 4.74 Å². The molecule has 0 radical (unpaired) electrons. The number of nitrogens with zero attached hydrogens (tertiary/aromatic N) is 2. The fourth-order valence-corrected chi connectivity index (χ4v) is 4.59. The summed E-state index contributed by atoms with van der Waals surface area (Å²) in [5.74, 6) is -3.53. The van der Waals surface area contributed by atoms with Gasteiger partial charge in [-0.1, -0.05) is 17.7 Å². The van der Waals surface area contributed by atoms with Crippen LogP contribution in [0.5, 0.6) is 0 Å². The quantitative estimate of drug-likeness (QED) is 0.580. The van der Waals surface area contributed by atoms with Gasteiger partial charge in [-0.25, -0.2) is 18.0 Å². The maximum Gasteiger partial charge on any atom is 0.410 e. The van der Waals surface area contributed by atoms with Crippen LogP contribution in [0, 0.1) is 11.7 Å². The van der Waals surface area contributed by atoms with Gasteiger partial charge in [0.2, 0.25) is 5.92 Å². The first-order chi connectivity index (χ1) is 13.8. The van der Waals surface area contributed by atoms with Gasteiger partial charge in [-0.15, -0.1) is 0 Å². The lowest BCUT2D eigenvalue weighted by atomic mass is 9.73. The van der Waals surface area contributed by atoms with E-state index in [9.17, 15) is 18.0 Å². The van der Waals surface area contributed by atoms with Crippen molar-refractivity contribution >= 4 is 17.7 Å². The molecule has 1 saturated carbocycles. The van der Waals surface area contributed by atoms with Gasteiger partial charge < -0.3 is 9.64 Å². The second-order valence-corrected chi connectivity index (χ2v) is 10.1. The minimum Gasteiger partial charge on any atom is -0.444 e. The summed E-state index contributed by atoms with van der Waals surface area (Å²) in [6, 6.07) is 3.89. The molecule has 0 bridgehead atoms. The summed E-state index contributed by atoms with van der Waals surface area (Å²) in [5, 5.41) is 0.00704. The fourth-order valence-electron chi connectivity index (χ4n) is 4.48. The molecule has 1 unspecified atom stereocenters. The van der Waals surface area contributed by atoms with Gasteiger partial charge >= 0.3 is 6.09 Å². The Morgan fingerprint density at radius 2 is 1.83 bits per heavy atom. The second kappa shape index (κ2) is 8.23. The average molecular weight is 447 g/mol. The Labute approximate surface area is 181 Å². The van der Waals surface area contributed by atoms with Gasteiger partial charge in [-0.05, 0) is 58.2 Å². The van der Waals surface area contributed by atoms with Crippen molar-refractivity contribution in [3.05, 3.63) is 34.6 Å². The van der Waals surface area contributed by atoms with E-state index in [2.05, 4.69) is 4.90 Å². The van der Waals surface area contributed by atoms with Crippen LogP contribution in [0.25, 0.3) is 0 Å². The van der Waals surface area contributed by atoms with Crippen molar-refractivity contribution in [1.29, 1.82) is 0 Å². The Hall–Kier alpha value is -1.47. The third-order valence-corrected chi connectivity index (χ3v) is 6.18. The molecule has 0 N–H and O–H groups in total. The highest BCUT2D eigenvalue weighted by Crippen LogP contribution is 2.51. The minimum atomic E-state index is -2.68. The number of hydrogen-bond acceptors (Lipinski definition) is 3. The molecule has 8 heteroatoms. The smallest absolute Gasteiger partial charge is 0.410 e. The fraction of sp³-hybridized carbons (Fsp3) is 0.682. The van der Waals surface area contributed by atoms with Crippen molar-refractivity contribution in [1.82, 2.24) is 9.80 Å². The lowest BCUT2D eigenvalue weighted by Crippen LogP contribution is -2.61. The van der Waals surface area contributed by atoms with Crippen molar-refractivity contribution in [3.8, 4) is 0 Å². The van der Waals surface area contributed by atoms with E-state index in [4.69, 9.17) is 16.3 Å². The molecular weight excluding hydrogens is 417 g/mol. The zero-order valence-electron chi connectivity index (χ0n) is 18.1. The molecule has 4 nitrogen and oxygen atoms in total. The Kier molecular flexibility index (Phi) is 6.36. The third kappa shape index (κ3) is 5.05. The molecule has 1 aliphatic carbocycles. The highest BCUT2D eigenvalue weighted by Gasteiger charge is 2.51. The predicted octanol–water partition coefficient (Wildman–Crippen LogP) is 5.90. The molecule has 1 amide bonds. The van der Waals surface area contributed by atoms with Crippen molar-refractivity contribution in [3.63, 3.8) is 0 Å². The zero-order chi connectivity index (χ0) is 22.4. The summed E-state index contributed by atoms with van der Waals surface area (Å²) in [6.45, 7) is 10.2. The molecular formula is C22H30ClF3N2O2. The maximum atomic E-state index is 14.2. The summed E-state index contributed by atoms with van der Waals surface area (Å²) in [6.07, 6.45) is -0.837. The molecule has 1 aliphatic heterocycles. The van der Waals surface area contributed by atoms with Gasteiger partial charge in [-0.3, -0.25) is 4.90 Å². The molecule has 0 aromatic heterocycles. The van der Waals surface area contributed by atoms with E-state index in [-0.39, 0.29) is 48.0 Å². The summed E-state index contributed by atoms with van der Waals surface area (Å²) in [5.41, 5.74) is 0.0417. The number of ether oxygens (including phenoxy) is 1. The Morgan fingerprint density at radius 1 is 1.20 bits per heavy atom. The molecule has 0 spiro atoms. The molecule has 1 heterocycles. The molecule has 2 fully saturated rings. The first kappa shape index (κ1) is 23.2. The number of halogens is 4. The number of benzene rings is 1. The normalized spacial score (nSPS) is 26.2. The van der Waals surface area contributed by atoms with Gasteiger partial charge in [0.1, 0.15) is 11.4 Å². The lowest BCUT2D eigenvalue weighted by Gasteiger charge is -2.52. The van der Waals surface area contributed by atoms with Crippen LogP contribution in [0.2, 0.25) is 5.02 Å². The minimum absolute atomic E-state index is 0.00704. The van der Waals surface area contributed by atoms with Crippen molar-refractivity contribution < 1.29 is 22.7 Å². The molecule has 1 saturated heterocycles. The Balaban J connectivity index is 1.84. The number of alkyl halides is 2. The van der Waals surface area contributed by atoms with Crippen molar-refractivity contribution in [2.75, 3.05) is 13.1 Å². The maximum absolute atomic E-state index is 14.2. The average Bonchev–Trinajstić information content (AvgIpc) is 2.57. The lowest BCUT2D eigenvalue weighted by molar-refractivity contribution is -0.141. The van der Waals surface area contributed by atoms with Gasteiger partial charge in [0, 0.05) is 44.1 Å². The first-order valence-corrected chi connectivity index (χ1v) is 10.7. The van der Waals surface area contributed by atoms with Gasteiger partial charge in [0.05, 0.1) is 5.02 Å². The van der Waals surface area contributed by atoms with E-state index in [1.165, 1.54) is 12.1 Å². The summed E-state index contributed by atoms with van der Waals surface area (Å²) < 4.78 is 47.1. The number of carbonyl (C=O) groups is 1. The van der Waals surface area contributed by atoms with Crippen LogP contribution >= 0.6 is 11.6 Å². The predicted molar refractivity (Wildman–Crippen MR) is 110 cm³/mol. The number of carbonyl (C=O) groups excluding carboxylic acids is 1. The number of amides is 1. The molecule has 2 aliphatic rings. The van der Waals surface area contributed by atoms with E-state index in [1.807, 2.05) is 34.6 Å². The molecule has 1 aromatic rings. The highest BCUT2D eigenvalue weighted by molar-refractivity contribution is 6.30. The van der Waals surface area contributed by atoms with E-state index in [1.54, 1.807) is 11.0 Å². The van der Waals surface area contributed by atoms with Crippen LogP contribution in [0.3, 0.4) is 0 Å². The van der Waals surface area contributed by atoms with Crippen molar-refractivity contribution in [2.24, 2.45) is 5.92 Å². The van der Waals surface area contributed by atoms with E-state index in [0.29, 0.717) is 18.7 Å². The summed E-state index contributed by atoms with van der Waals surface area (Å²) in [7, 11) is 0. The SMILES string of the molecule is C[C@@H]1CN(C(=O)OC(C)(C)C)[C@@H](C)CN1C(c1ccc(Cl)c(F)c1)C1CC(F)(F)C1. The number of piperazine rings is 1. The van der Waals surface area contributed by atoms with Crippen LogP contribution in [0.15, 0.2) is 18.2 Å². The van der Waals surface area contributed by atoms with Crippen LogP contribution in [-0.4, -0.2) is 52.6 Å². The third-order valence-electron chi connectivity index (χ3n) is 5.87.